The highest BCUT2D eigenvalue weighted by molar-refractivity contribution is 6.02. The third-order valence-electron chi connectivity index (χ3n) is 3.54. The van der Waals surface area contributed by atoms with Gasteiger partial charge in [0.05, 0.1) is 0 Å². The van der Waals surface area contributed by atoms with Crippen LogP contribution in [0.2, 0.25) is 0 Å². The largest absolute Gasteiger partial charge is 0.361 e. The third kappa shape index (κ3) is 2.06. The summed E-state index contributed by atoms with van der Waals surface area (Å²) in [5.41, 5.74) is 2.87. The maximum atomic E-state index is 12.5. The number of carbonyl (C=O) groups is 1. The molecule has 0 bridgehead atoms. The zero-order valence-corrected chi connectivity index (χ0v) is 10.8. The molecule has 1 aromatic heterocycles. The van der Waals surface area contributed by atoms with Crippen LogP contribution in [-0.2, 0) is 0 Å². The molecule has 0 aliphatic rings. The summed E-state index contributed by atoms with van der Waals surface area (Å²) in [6.45, 7) is 1.96. The summed E-state index contributed by atoms with van der Waals surface area (Å²) in [5, 5.41) is 1.14. The Morgan fingerprint density at radius 3 is 2.58 bits per heavy atom. The van der Waals surface area contributed by atoms with Crippen molar-refractivity contribution in [1.29, 1.82) is 0 Å². The molecule has 0 aliphatic carbocycles. The molecule has 0 saturated heterocycles. The first-order valence-electron chi connectivity index (χ1n) is 6.42. The van der Waals surface area contributed by atoms with Gasteiger partial charge in [-0.3, -0.25) is 4.79 Å². The Labute approximate surface area is 112 Å². The quantitative estimate of drug-likeness (QED) is 0.695. The summed E-state index contributed by atoms with van der Waals surface area (Å²) in [4.78, 5) is 15.7. The standard InChI is InChI=1S/C17H15NO/c1-12(17(19)14-6-3-2-4-7-14)15-9-5-8-13-10-11-18-16(13)15/h2-12,18H,1H3. The highest BCUT2D eigenvalue weighted by Gasteiger charge is 2.19. The number of hydrogen-bond donors (Lipinski definition) is 1. The highest BCUT2D eigenvalue weighted by Crippen LogP contribution is 2.27. The van der Waals surface area contributed by atoms with Crippen molar-refractivity contribution in [2.45, 2.75) is 12.8 Å². The van der Waals surface area contributed by atoms with Crippen molar-refractivity contribution >= 4 is 16.7 Å². The summed E-state index contributed by atoms with van der Waals surface area (Å²) in [6, 6.07) is 17.6. The Balaban J connectivity index is 2.02. The van der Waals surface area contributed by atoms with E-state index in [1.165, 1.54) is 0 Å². The van der Waals surface area contributed by atoms with Crippen molar-refractivity contribution in [3.05, 3.63) is 71.9 Å². The summed E-state index contributed by atoms with van der Waals surface area (Å²) < 4.78 is 0. The lowest BCUT2D eigenvalue weighted by Gasteiger charge is -2.12. The zero-order chi connectivity index (χ0) is 13.2. The molecule has 0 saturated carbocycles. The van der Waals surface area contributed by atoms with Crippen LogP contribution in [0, 0.1) is 0 Å². The normalized spacial score (nSPS) is 12.5. The lowest BCUT2D eigenvalue weighted by Crippen LogP contribution is -2.09. The number of fused-ring (bicyclic) bond motifs is 1. The van der Waals surface area contributed by atoms with Gasteiger partial charge >= 0.3 is 0 Å². The van der Waals surface area contributed by atoms with Crippen LogP contribution in [0.5, 0.6) is 0 Å². The summed E-state index contributed by atoms with van der Waals surface area (Å²) >= 11 is 0. The average molecular weight is 249 g/mol. The lowest BCUT2D eigenvalue weighted by atomic mass is 9.91. The second-order valence-corrected chi connectivity index (χ2v) is 4.74. The van der Waals surface area contributed by atoms with Crippen LogP contribution in [0.3, 0.4) is 0 Å². The number of Topliss-reactive ketones (excluding diaryl/α,β-unsaturated/α-hetero) is 1. The van der Waals surface area contributed by atoms with Crippen LogP contribution in [0.1, 0.15) is 28.8 Å². The molecule has 2 aromatic carbocycles. The number of aromatic amines is 1. The molecule has 1 heterocycles. The maximum Gasteiger partial charge on any atom is 0.170 e. The zero-order valence-electron chi connectivity index (χ0n) is 10.8. The molecule has 2 nitrogen and oxygen atoms in total. The van der Waals surface area contributed by atoms with Gasteiger partial charge in [-0.05, 0) is 17.0 Å². The fourth-order valence-corrected chi connectivity index (χ4v) is 2.46. The molecule has 1 N–H and O–H groups in total. The number of hydrogen-bond acceptors (Lipinski definition) is 1. The Bertz CT molecular complexity index is 712. The Hall–Kier alpha value is -2.35. The molecule has 1 unspecified atom stereocenters. The van der Waals surface area contributed by atoms with Gasteiger partial charge in [-0.25, -0.2) is 0 Å². The molecule has 3 aromatic rings. The smallest absolute Gasteiger partial charge is 0.170 e. The Kier molecular flexibility index (Phi) is 2.92. The average Bonchev–Trinajstić information content (AvgIpc) is 2.95. The fraction of sp³-hybridized carbons (Fsp3) is 0.118. The van der Waals surface area contributed by atoms with E-state index in [0.717, 1.165) is 22.0 Å². The van der Waals surface area contributed by atoms with Crippen LogP contribution < -0.4 is 0 Å². The number of H-pyrrole nitrogens is 1. The van der Waals surface area contributed by atoms with Crippen molar-refractivity contribution in [2.24, 2.45) is 0 Å². The number of nitrogens with one attached hydrogen (secondary N) is 1. The predicted molar refractivity (Wildman–Crippen MR) is 77.5 cm³/mol. The van der Waals surface area contributed by atoms with Crippen molar-refractivity contribution in [3.63, 3.8) is 0 Å². The van der Waals surface area contributed by atoms with E-state index < -0.39 is 0 Å². The second-order valence-electron chi connectivity index (χ2n) is 4.74. The van der Waals surface area contributed by atoms with E-state index in [2.05, 4.69) is 11.1 Å². The third-order valence-corrected chi connectivity index (χ3v) is 3.54. The highest BCUT2D eigenvalue weighted by atomic mass is 16.1. The van der Waals surface area contributed by atoms with Gasteiger partial charge in [0.1, 0.15) is 0 Å². The van der Waals surface area contributed by atoms with Gasteiger partial charge in [-0.15, -0.1) is 0 Å². The summed E-state index contributed by atoms with van der Waals surface area (Å²) in [6.07, 6.45) is 1.91. The van der Waals surface area contributed by atoms with Crippen LogP contribution in [0.25, 0.3) is 10.9 Å². The van der Waals surface area contributed by atoms with Crippen molar-refractivity contribution in [1.82, 2.24) is 4.98 Å². The molecule has 94 valence electrons. The molecule has 0 radical (unpaired) electrons. The minimum atomic E-state index is -0.148. The first-order chi connectivity index (χ1) is 9.27. The number of aromatic nitrogens is 1. The van der Waals surface area contributed by atoms with Gasteiger partial charge in [0.15, 0.2) is 5.78 Å². The van der Waals surface area contributed by atoms with E-state index in [1.807, 2.05) is 61.7 Å². The van der Waals surface area contributed by atoms with Gasteiger partial charge in [-0.2, -0.15) is 0 Å². The van der Waals surface area contributed by atoms with E-state index >= 15 is 0 Å². The second kappa shape index (κ2) is 4.73. The molecule has 1 atom stereocenters. The number of benzene rings is 2. The number of para-hydroxylation sites is 1. The fourth-order valence-electron chi connectivity index (χ4n) is 2.46. The number of ketones is 1. The maximum absolute atomic E-state index is 12.5. The molecule has 3 rings (SSSR count). The van der Waals surface area contributed by atoms with E-state index in [4.69, 9.17) is 0 Å². The monoisotopic (exact) mass is 249 g/mol. The molecule has 0 fully saturated rings. The first-order valence-corrected chi connectivity index (χ1v) is 6.42. The first kappa shape index (κ1) is 11.7. The van der Waals surface area contributed by atoms with Gasteiger partial charge in [0, 0.05) is 23.2 Å². The van der Waals surface area contributed by atoms with E-state index in [9.17, 15) is 4.79 Å². The van der Waals surface area contributed by atoms with E-state index in [0.29, 0.717) is 0 Å². The summed E-state index contributed by atoms with van der Waals surface area (Å²) in [5.74, 6) is 0.00690. The molecule has 0 aliphatic heterocycles. The van der Waals surface area contributed by atoms with Crippen molar-refractivity contribution in [3.8, 4) is 0 Å². The van der Waals surface area contributed by atoms with Crippen LogP contribution in [0.4, 0.5) is 0 Å². The van der Waals surface area contributed by atoms with Crippen LogP contribution in [-0.4, -0.2) is 10.8 Å². The molecule has 2 heteroatoms. The molecule has 19 heavy (non-hydrogen) atoms. The van der Waals surface area contributed by atoms with Gasteiger partial charge in [0.2, 0.25) is 0 Å². The predicted octanol–water partition coefficient (Wildman–Crippen LogP) is 4.15. The minimum Gasteiger partial charge on any atom is -0.361 e. The van der Waals surface area contributed by atoms with Crippen molar-refractivity contribution < 1.29 is 4.79 Å². The van der Waals surface area contributed by atoms with Gasteiger partial charge in [0.25, 0.3) is 0 Å². The topological polar surface area (TPSA) is 32.9 Å². The van der Waals surface area contributed by atoms with Crippen molar-refractivity contribution in [2.75, 3.05) is 0 Å². The van der Waals surface area contributed by atoms with E-state index in [1.54, 1.807) is 0 Å². The number of rotatable bonds is 3. The molecular formula is C17H15NO. The Morgan fingerprint density at radius 1 is 1.00 bits per heavy atom. The van der Waals surface area contributed by atoms with Crippen LogP contribution >= 0.6 is 0 Å². The molecular weight excluding hydrogens is 234 g/mol. The number of carbonyl (C=O) groups excluding carboxylic acids is 1. The van der Waals surface area contributed by atoms with E-state index in [-0.39, 0.29) is 11.7 Å². The van der Waals surface area contributed by atoms with Gasteiger partial charge < -0.3 is 4.98 Å². The molecule has 0 spiro atoms. The summed E-state index contributed by atoms with van der Waals surface area (Å²) in [7, 11) is 0. The van der Waals surface area contributed by atoms with Crippen LogP contribution in [0.15, 0.2) is 60.8 Å². The van der Waals surface area contributed by atoms with Gasteiger partial charge in [-0.1, -0.05) is 55.5 Å². The minimum absolute atomic E-state index is 0.148. The SMILES string of the molecule is CC(C(=O)c1ccccc1)c1cccc2cc[nH]c12. The molecule has 0 amide bonds. The lowest BCUT2D eigenvalue weighted by molar-refractivity contribution is 0.0966. The Morgan fingerprint density at radius 2 is 1.79 bits per heavy atom.